The lowest BCUT2D eigenvalue weighted by molar-refractivity contribution is -0.118. The van der Waals surface area contributed by atoms with E-state index < -0.39 is 17.9 Å². The summed E-state index contributed by atoms with van der Waals surface area (Å²) in [5.74, 6) is -0.867. The van der Waals surface area contributed by atoms with Crippen molar-refractivity contribution in [2.24, 2.45) is 14.1 Å². The van der Waals surface area contributed by atoms with E-state index in [0.29, 0.717) is 22.0 Å². The van der Waals surface area contributed by atoms with Crippen molar-refractivity contribution in [3.8, 4) is 17.0 Å². The highest BCUT2D eigenvalue weighted by molar-refractivity contribution is 6.31. The SMILES string of the molecule is Cn1cncc1-c1ccc(NC(=O)C(Cc2cc(O)ccc2Cl)NC(=O)c2ccnn2C)cc1. The highest BCUT2D eigenvalue weighted by atomic mass is 35.5. The monoisotopic (exact) mass is 478 g/mol. The van der Waals surface area contributed by atoms with Gasteiger partial charge < -0.3 is 20.3 Å². The van der Waals surface area contributed by atoms with Crippen LogP contribution in [0.3, 0.4) is 0 Å². The third-order valence-corrected chi connectivity index (χ3v) is 5.76. The van der Waals surface area contributed by atoms with Gasteiger partial charge in [-0.25, -0.2) is 4.98 Å². The van der Waals surface area contributed by atoms with Gasteiger partial charge in [-0.3, -0.25) is 14.3 Å². The lowest BCUT2D eigenvalue weighted by Crippen LogP contribution is -2.45. The molecule has 0 spiro atoms. The summed E-state index contributed by atoms with van der Waals surface area (Å²) in [4.78, 5) is 30.1. The zero-order valence-electron chi connectivity index (χ0n) is 18.6. The molecule has 10 heteroatoms. The molecule has 0 radical (unpaired) electrons. The topological polar surface area (TPSA) is 114 Å². The van der Waals surface area contributed by atoms with E-state index in [0.717, 1.165) is 11.3 Å². The molecular formula is C24H23ClN6O3. The second kappa shape index (κ2) is 9.80. The average Bonchev–Trinajstić information content (AvgIpc) is 3.44. The Hall–Kier alpha value is -4.11. The standard InChI is InChI=1S/C24H23ClN6O3/c1-30-14-26-13-22(30)15-3-5-17(6-4-15)28-23(33)20(12-16-11-18(32)7-8-19(16)25)29-24(34)21-9-10-27-31(21)2/h3-11,13-14,20,32H,12H2,1-2H3,(H,28,33)(H,29,34). The molecule has 0 aliphatic carbocycles. The molecule has 0 aliphatic rings. The Morgan fingerprint density at radius 1 is 1.12 bits per heavy atom. The zero-order chi connectivity index (χ0) is 24.2. The van der Waals surface area contributed by atoms with Gasteiger partial charge in [0.15, 0.2) is 0 Å². The van der Waals surface area contributed by atoms with E-state index in [-0.39, 0.29) is 12.2 Å². The summed E-state index contributed by atoms with van der Waals surface area (Å²) in [5, 5.41) is 19.8. The fourth-order valence-electron chi connectivity index (χ4n) is 3.56. The number of hydrogen-bond donors (Lipinski definition) is 3. The number of aryl methyl sites for hydroxylation is 2. The van der Waals surface area contributed by atoms with E-state index in [1.165, 1.54) is 23.0 Å². The van der Waals surface area contributed by atoms with Gasteiger partial charge in [0.05, 0.1) is 18.2 Å². The summed E-state index contributed by atoms with van der Waals surface area (Å²) in [6.07, 6.45) is 5.05. The molecule has 1 atom stereocenters. The molecule has 4 aromatic rings. The number of rotatable bonds is 7. The summed E-state index contributed by atoms with van der Waals surface area (Å²) in [7, 11) is 3.54. The molecule has 2 heterocycles. The molecule has 0 fully saturated rings. The van der Waals surface area contributed by atoms with Gasteiger partial charge in [0, 0.05) is 37.4 Å². The van der Waals surface area contributed by atoms with E-state index in [2.05, 4.69) is 20.7 Å². The Balaban J connectivity index is 1.55. The molecule has 3 N–H and O–H groups in total. The second-order valence-electron chi connectivity index (χ2n) is 7.80. The maximum absolute atomic E-state index is 13.2. The van der Waals surface area contributed by atoms with Gasteiger partial charge in [-0.1, -0.05) is 23.7 Å². The van der Waals surface area contributed by atoms with E-state index >= 15 is 0 Å². The number of amides is 2. The molecule has 174 valence electrons. The first-order chi connectivity index (χ1) is 16.3. The fraction of sp³-hybridized carbons (Fsp3) is 0.167. The number of benzene rings is 2. The maximum Gasteiger partial charge on any atom is 0.270 e. The van der Waals surface area contributed by atoms with E-state index in [4.69, 9.17) is 11.6 Å². The van der Waals surface area contributed by atoms with Crippen molar-refractivity contribution >= 4 is 29.1 Å². The normalized spacial score (nSPS) is 11.7. The number of phenolic OH excluding ortho intramolecular Hbond substituents is 1. The molecular weight excluding hydrogens is 456 g/mol. The van der Waals surface area contributed by atoms with Gasteiger partial charge in [-0.2, -0.15) is 5.10 Å². The molecule has 2 amide bonds. The first kappa shape index (κ1) is 23.1. The van der Waals surface area contributed by atoms with Crippen LogP contribution in [0.25, 0.3) is 11.3 Å². The smallest absolute Gasteiger partial charge is 0.270 e. The number of carbonyl (C=O) groups excluding carboxylic acids is 2. The van der Waals surface area contributed by atoms with Crippen LogP contribution in [0.4, 0.5) is 5.69 Å². The Bertz CT molecular complexity index is 1330. The van der Waals surface area contributed by atoms with Crippen LogP contribution >= 0.6 is 11.6 Å². The quantitative estimate of drug-likeness (QED) is 0.377. The zero-order valence-corrected chi connectivity index (χ0v) is 19.3. The van der Waals surface area contributed by atoms with Crippen LogP contribution in [-0.4, -0.2) is 42.3 Å². The molecule has 0 saturated carbocycles. The number of nitrogens with zero attached hydrogens (tertiary/aromatic N) is 4. The van der Waals surface area contributed by atoms with Gasteiger partial charge in [0.25, 0.3) is 5.91 Å². The number of aromatic hydroxyl groups is 1. The van der Waals surface area contributed by atoms with Crippen LogP contribution in [0, 0.1) is 0 Å². The van der Waals surface area contributed by atoms with Gasteiger partial charge in [-0.05, 0) is 47.5 Å². The third-order valence-electron chi connectivity index (χ3n) is 5.39. The molecule has 4 rings (SSSR count). The number of hydrogen-bond acceptors (Lipinski definition) is 5. The van der Waals surface area contributed by atoms with Crippen molar-refractivity contribution in [2.45, 2.75) is 12.5 Å². The Morgan fingerprint density at radius 3 is 2.53 bits per heavy atom. The van der Waals surface area contributed by atoms with Crippen LogP contribution in [-0.2, 0) is 25.3 Å². The van der Waals surface area contributed by atoms with E-state index in [1.54, 1.807) is 43.8 Å². The molecule has 2 aromatic heterocycles. The number of phenols is 1. The van der Waals surface area contributed by atoms with Crippen molar-refractivity contribution < 1.29 is 14.7 Å². The minimum absolute atomic E-state index is 0.0160. The minimum atomic E-state index is -0.960. The summed E-state index contributed by atoms with van der Waals surface area (Å²) in [6.45, 7) is 0. The van der Waals surface area contributed by atoms with Gasteiger partial charge >= 0.3 is 0 Å². The molecule has 0 aliphatic heterocycles. The van der Waals surface area contributed by atoms with Crippen molar-refractivity contribution in [3.05, 3.63) is 83.5 Å². The van der Waals surface area contributed by atoms with Crippen molar-refractivity contribution in [2.75, 3.05) is 5.32 Å². The molecule has 0 saturated heterocycles. The van der Waals surface area contributed by atoms with Crippen molar-refractivity contribution in [1.29, 1.82) is 0 Å². The lowest BCUT2D eigenvalue weighted by atomic mass is 10.0. The van der Waals surface area contributed by atoms with Gasteiger partial charge in [-0.15, -0.1) is 0 Å². The first-order valence-electron chi connectivity index (χ1n) is 10.5. The van der Waals surface area contributed by atoms with Crippen LogP contribution in [0.15, 0.2) is 67.3 Å². The number of halogens is 1. The number of anilines is 1. The van der Waals surface area contributed by atoms with Crippen molar-refractivity contribution in [1.82, 2.24) is 24.6 Å². The summed E-state index contributed by atoms with van der Waals surface area (Å²) in [5.41, 5.74) is 3.29. The number of nitrogens with one attached hydrogen (secondary N) is 2. The molecule has 1 unspecified atom stereocenters. The third kappa shape index (κ3) is 5.10. The van der Waals surface area contributed by atoms with E-state index in [1.807, 2.05) is 23.7 Å². The average molecular weight is 479 g/mol. The summed E-state index contributed by atoms with van der Waals surface area (Å²) < 4.78 is 3.32. The molecule has 0 bridgehead atoms. The van der Waals surface area contributed by atoms with Crippen LogP contribution in [0.5, 0.6) is 5.75 Å². The maximum atomic E-state index is 13.2. The number of imidazole rings is 1. The molecule has 9 nitrogen and oxygen atoms in total. The van der Waals surface area contributed by atoms with Crippen LogP contribution in [0.2, 0.25) is 5.02 Å². The van der Waals surface area contributed by atoms with Crippen LogP contribution in [0.1, 0.15) is 16.1 Å². The predicted octanol–water partition coefficient (Wildman–Crippen LogP) is 3.16. The van der Waals surface area contributed by atoms with E-state index in [9.17, 15) is 14.7 Å². The lowest BCUT2D eigenvalue weighted by Gasteiger charge is -2.19. The first-order valence-corrected chi connectivity index (χ1v) is 10.8. The number of carbonyl (C=O) groups is 2. The fourth-order valence-corrected chi connectivity index (χ4v) is 3.76. The van der Waals surface area contributed by atoms with Crippen molar-refractivity contribution in [3.63, 3.8) is 0 Å². The number of aromatic nitrogens is 4. The highest BCUT2D eigenvalue weighted by Gasteiger charge is 2.24. The van der Waals surface area contributed by atoms with Gasteiger partial charge in [0.2, 0.25) is 5.91 Å². The minimum Gasteiger partial charge on any atom is -0.508 e. The molecule has 2 aromatic carbocycles. The summed E-state index contributed by atoms with van der Waals surface area (Å²) >= 11 is 6.27. The Kier molecular flexibility index (Phi) is 6.65. The Morgan fingerprint density at radius 2 is 1.88 bits per heavy atom. The highest BCUT2D eigenvalue weighted by Crippen LogP contribution is 2.24. The van der Waals surface area contributed by atoms with Gasteiger partial charge in [0.1, 0.15) is 17.5 Å². The largest absolute Gasteiger partial charge is 0.508 e. The Labute approximate surface area is 201 Å². The summed E-state index contributed by atoms with van der Waals surface area (Å²) in [6, 6.07) is 12.4. The molecule has 34 heavy (non-hydrogen) atoms. The second-order valence-corrected chi connectivity index (χ2v) is 8.21. The predicted molar refractivity (Wildman–Crippen MR) is 129 cm³/mol. The van der Waals surface area contributed by atoms with Crippen LogP contribution < -0.4 is 10.6 Å².